The van der Waals surface area contributed by atoms with Gasteiger partial charge in [-0.25, -0.2) is 0 Å². The second kappa shape index (κ2) is 4.63. The van der Waals surface area contributed by atoms with Crippen LogP contribution in [0.3, 0.4) is 0 Å². The Labute approximate surface area is 81.6 Å². The number of alkyl halides is 1. The normalized spacial score (nSPS) is 12.9. The van der Waals surface area contributed by atoms with Crippen LogP contribution in [-0.4, -0.2) is 10.4 Å². The summed E-state index contributed by atoms with van der Waals surface area (Å²) < 4.78 is 0. The predicted molar refractivity (Wildman–Crippen MR) is 54.6 cm³/mol. The van der Waals surface area contributed by atoms with Crippen molar-refractivity contribution in [3.05, 3.63) is 35.4 Å². The van der Waals surface area contributed by atoms with Gasteiger partial charge in [0.2, 0.25) is 0 Å². The molecular formula is C10H13BrO. The fourth-order valence-electron chi connectivity index (χ4n) is 1.07. The van der Waals surface area contributed by atoms with Crippen LogP contribution in [0.4, 0.5) is 0 Å². The average molecular weight is 229 g/mol. The summed E-state index contributed by atoms with van der Waals surface area (Å²) in [7, 11) is 0. The number of rotatable bonds is 3. The van der Waals surface area contributed by atoms with Crippen LogP contribution >= 0.6 is 15.9 Å². The highest BCUT2D eigenvalue weighted by Crippen LogP contribution is 2.13. The van der Waals surface area contributed by atoms with E-state index in [1.165, 1.54) is 5.56 Å². The molecule has 1 atom stereocenters. The summed E-state index contributed by atoms with van der Waals surface area (Å²) in [6, 6.07) is 8.07. The second-order valence-electron chi connectivity index (χ2n) is 2.86. The van der Waals surface area contributed by atoms with E-state index in [0.29, 0.717) is 0 Å². The lowest BCUT2D eigenvalue weighted by Gasteiger charge is -2.04. The molecule has 0 bridgehead atoms. The molecule has 0 saturated heterocycles. The molecule has 0 heterocycles. The minimum absolute atomic E-state index is 0.358. The SMILES string of the molecule is CC(O)c1ccc(CCBr)cc1. The molecule has 66 valence electrons. The lowest BCUT2D eigenvalue weighted by molar-refractivity contribution is 0.199. The third-order valence-electron chi connectivity index (χ3n) is 1.85. The van der Waals surface area contributed by atoms with E-state index in [-0.39, 0.29) is 6.10 Å². The minimum Gasteiger partial charge on any atom is -0.389 e. The summed E-state index contributed by atoms with van der Waals surface area (Å²) in [6.45, 7) is 1.78. The van der Waals surface area contributed by atoms with Crippen molar-refractivity contribution < 1.29 is 5.11 Å². The maximum Gasteiger partial charge on any atom is 0.0761 e. The molecule has 12 heavy (non-hydrogen) atoms. The maximum absolute atomic E-state index is 9.24. The van der Waals surface area contributed by atoms with Crippen LogP contribution in [0, 0.1) is 0 Å². The molecule has 2 heteroatoms. The van der Waals surface area contributed by atoms with Crippen LogP contribution < -0.4 is 0 Å². The van der Waals surface area contributed by atoms with E-state index >= 15 is 0 Å². The molecule has 0 radical (unpaired) electrons. The summed E-state index contributed by atoms with van der Waals surface area (Å²) in [4.78, 5) is 0. The van der Waals surface area contributed by atoms with Crippen LogP contribution in [0.5, 0.6) is 0 Å². The fourth-order valence-corrected chi connectivity index (χ4v) is 1.53. The van der Waals surface area contributed by atoms with Crippen molar-refractivity contribution in [3.63, 3.8) is 0 Å². The Morgan fingerprint density at radius 2 is 1.92 bits per heavy atom. The number of benzene rings is 1. The van der Waals surface area contributed by atoms with Gasteiger partial charge in [0.25, 0.3) is 0 Å². The van der Waals surface area contributed by atoms with Crippen molar-refractivity contribution in [1.82, 2.24) is 0 Å². The van der Waals surface area contributed by atoms with Gasteiger partial charge < -0.3 is 5.11 Å². The highest BCUT2D eigenvalue weighted by Gasteiger charge is 1.99. The molecule has 0 spiro atoms. The van der Waals surface area contributed by atoms with Gasteiger partial charge in [0, 0.05) is 5.33 Å². The van der Waals surface area contributed by atoms with Crippen LogP contribution in [0.15, 0.2) is 24.3 Å². The Hall–Kier alpha value is -0.340. The molecule has 1 aromatic rings. The van der Waals surface area contributed by atoms with E-state index in [2.05, 4.69) is 28.1 Å². The molecule has 0 aromatic heterocycles. The van der Waals surface area contributed by atoms with Gasteiger partial charge in [0.15, 0.2) is 0 Å². The number of aliphatic hydroxyl groups excluding tert-OH is 1. The Balaban J connectivity index is 2.71. The van der Waals surface area contributed by atoms with E-state index in [9.17, 15) is 5.11 Å². The van der Waals surface area contributed by atoms with E-state index < -0.39 is 0 Å². The van der Waals surface area contributed by atoms with Gasteiger partial charge in [-0.05, 0) is 24.5 Å². The van der Waals surface area contributed by atoms with Gasteiger partial charge in [-0.15, -0.1) is 0 Å². The van der Waals surface area contributed by atoms with E-state index in [1.807, 2.05) is 12.1 Å². The van der Waals surface area contributed by atoms with Crippen LogP contribution in [0.25, 0.3) is 0 Å². The lowest BCUT2D eigenvalue weighted by atomic mass is 10.1. The second-order valence-corrected chi connectivity index (χ2v) is 3.65. The number of hydrogen-bond acceptors (Lipinski definition) is 1. The van der Waals surface area contributed by atoms with Crippen LogP contribution in [0.2, 0.25) is 0 Å². The first-order valence-electron chi connectivity index (χ1n) is 4.07. The van der Waals surface area contributed by atoms with Crippen molar-refractivity contribution in [2.45, 2.75) is 19.4 Å². The molecule has 1 nitrogen and oxygen atoms in total. The first kappa shape index (κ1) is 9.75. The van der Waals surface area contributed by atoms with Crippen LogP contribution in [0.1, 0.15) is 24.2 Å². The Kier molecular flexibility index (Phi) is 3.76. The minimum atomic E-state index is -0.358. The van der Waals surface area contributed by atoms with Crippen molar-refractivity contribution in [2.75, 3.05) is 5.33 Å². The summed E-state index contributed by atoms with van der Waals surface area (Å²) >= 11 is 3.38. The van der Waals surface area contributed by atoms with Gasteiger partial charge >= 0.3 is 0 Å². The standard InChI is InChI=1S/C10H13BrO/c1-8(12)10-4-2-9(3-5-10)6-7-11/h2-5,8,12H,6-7H2,1H3. The molecule has 1 aromatic carbocycles. The van der Waals surface area contributed by atoms with E-state index in [4.69, 9.17) is 0 Å². The number of aliphatic hydroxyl groups is 1. The lowest BCUT2D eigenvalue weighted by Crippen LogP contribution is -1.92. The summed E-state index contributed by atoms with van der Waals surface area (Å²) in [5.74, 6) is 0. The Morgan fingerprint density at radius 1 is 1.33 bits per heavy atom. The zero-order chi connectivity index (χ0) is 8.97. The number of hydrogen-bond donors (Lipinski definition) is 1. The molecule has 1 rings (SSSR count). The van der Waals surface area contributed by atoms with E-state index in [1.54, 1.807) is 6.92 Å². The summed E-state index contributed by atoms with van der Waals surface area (Å²) in [5, 5.41) is 10.2. The van der Waals surface area contributed by atoms with Crippen molar-refractivity contribution >= 4 is 15.9 Å². The molecule has 0 aliphatic carbocycles. The predicted octanol–water partition coefficient (Wildman–Crippen LogP) is 2.68. The first-order chi connectivity index (χ1) is 5.74. The largest absolute Gasteiger partial charge is 0.389 e. The van der Waals surface area contributed by atoms with Crippen molar-refractivity contribution in [3.8, 4) is 0 Å². The summed E-state index contributed by atoms with van der Waals surface area (Å²) in [5.41, 5.74) is 2.28. The molecule has 0 aliphatic rings. The Morgan fingerprint density at radius 3 is 2.33 bits per heavy atom. The zero-order valence-electron chi connectivity index (χ0n) is 7.13. The fraction of sp³-hybridized carbons (Fsp3) is 0.400. The smallest absolute Gasteiger partial charge is 0.0761 e. The zero-order valence-corrected chi connectivity index (χ0v) is 8.71. The van der Waals surface area contributed by atoms with Crippen molar-refractivity contribution in [2.24, 2.45) is 0 Å². The quantitative estimate of drug-likeness (QED) is 0.790. The molecule has 0 saturated carbocycles. The van der Waals surface area contributed by atoms with Crippen molar-refractivity contribution in [1.29, 1.82) is 0 Å². The summed E-state index contributed by atoms with van der Waals surface area (Å²) in [6.07, 6.45) is 0.683. The molecule has 1 unspecified atom stereocenters. The Bertz CT molecular complexity index is 228. The number of halogens is 1. The molecule has 0 fully saturated rings. The van der Waals surface area contributed by atoms with Gasteiger partial charge in [0.1, 0.15) is 0 Å². The highest BCUT2D eigenvalue weighted by molar-refractivity contribution is 9.09. The van der Waals surface area contributed by atoms with E-state index in [0.717, 1.165) is 17.3 Å². The molecule has 1 N–H and O–H groups in total. The molecule has 0 amide bonds. The third kappa shape index (κ3) is 2.61. The average Bonchev–Trinajstić information content (AvgIpc) is 2.06. The van der Waals surface area contributed by atoms with Gasteiger partial charge in [-0.1, -0.05) is 40.2 Å². The first-order valence-corrected chi connectivity index (χ1v) is 5.19. The maximum atomic E-state index is 9.24. The third-order valence-corrected chi connectivity index (χ3v) is 2.24. The molecule has 0 aliphatic heterocycles. The molecular weight excluding hydrogens is 216 g/mol. The highest BCUT2D eigenvalue weighted by atomic mass is 79.9. The van der Waals surface area contributed by atoms with Crippen LogP contribution in [-0.2, 0) is 6.42 Å². The van der Waals surface area contributed by atoms with Gasteiger partial charge in [0.05, 0.1) is 6.10 Å². The number of aryl methyl sites for hydroxylation is 1. The monoisotopic (exact) mass is 228 g/mol. The van der Waals surface area contributed by atoms with Gasteiger partial charge in [-0.3, -0.25) is 0 Å². The topological polar surface area (TPSA) is 20.2 Å². The van der Waals surface area contributed by atoms with Gasteiger partial charge in [-0.2, -0.15) is 0 Å².